The highest BCUT2D eigenvalue weighted by molar-refractivity contribution is 5.88. The molecule has 6 heteroatoms. The number of carbonyl (C=O) groups excluding carboxylic acids is 2. The second-order valence-electron chi connectivity index (χ2n) is 5.64. The lowest BCUT2D eigenvalue weighted by molar-refractivity contribution is -0.122. The second-order valence-corrected chi connectivity index (χ2v) is 5.64. The van der Waals surface area contributed by atoms with Gasteiger partial charge in [0.25, 0.3) is 0 Å². The fraction of sp³-hybridized carbons (Fsp3) is 0.263. The number of amides is 2. The molecule has 132 valence electrons. The van der Waals surface area contributed by atoms with E-state index in [4.69, 9.17) is 10.5 Å². The number of hydrogen-bond acceptors (Lipinski definition) is 4. The van der Waals surface area contributed by atoms with Crippen molar-refractivity contribution in [2.75, 3.05) is 18.5 Å². The molecule has 0 radical (unpaired) electrons. The standard InChI is InChI=1S/C19H23N3O3/c1-14(23)22-16-8-5-9-17(13-16)25-11-10-21-19(24)18(20)12-15-6-3-2-4-7-15/h2-9,13,18H,10-12,20H2,1H3,(H,21,24)(H,22,23)/t18-/m0/s1. The zero-order valence-corrected chi connectivity index (χ0v) is 14.2. The molecule has 0 spiro atoms. The molecule has 4 N–H and O–H groups in total. The molecule has 0 fully saturated rings. The van der Waals surface area contributed by atoms with E-state index >= 15 is 0 Å². The molecular formula is C19H23N3O3. The molecule has 25 heavy (non-hydrogen) atoms. The first-order valence-corrected chi connectivity index (χ1v) is 8.12. The molecule has 0 unspecified atom stereocenters. The summed E-state index contributed by atoms with van der Waals surface area (Å²) in [6, 6.07) is 16.1. The summed E-state index contributed by atoms with van der Waals surface area (Å²) in [4.78, 5) is 23.0. The van der Waals surface area contributed by atoms with Crippen LogP contribution in [0.5, 0.6) is 5.75 Å². The summed E-state index contributed by atoms with van der Waals surface area (Å²) in [5.41, 5.74) is 7.61. The van der Waals surface area contributed by atoms with Gasteiger partial charge in [0.1, 0.15) is 12.4 Å². The van der Waals surface area contributed by atoms with Crippen molar-refractivity contribution in [3.63, 3.8) is 0 Å². The summed E-state index contributed by atoms with van der Waals surface area (Å²) in [5.74, 6) is 0.269. The van der Waals surface area contributed by atoms with E-state index in [1.165, 1.54) is 6.92 Å². The van der Waals surface area contributed by atoms with Gasteiger partial charge in [0, 0.05) is 18.7 Å². The molecule has 2 amide bonds. The number of hydrogen-bond donors (Lipinski definition) is 3. The van der Waals surface area contributed by atoms with Gasteiger partial charge in [-0.2, -0.15) is 0 Å². The first-order chi connectivity index (χ1) is 12.0. The van der Waals surface area contributed by atoms with Crippen molar-refractivity contribution in [2.24, 2.45) is 5.73 Å². The first kappa shape index (κ1) is 18.5. The Morgan fingerprint density at radius 3 is 2.60 bits per heavy atom. The van der Waals surface area contributed by atoms with Crippen molar-refractivity contribution in [1.82, 2.24) is 5.32 Å². The van der Waals surface area contributed by atoms with E-state index in [-0.39, 0.29) is 11.8 Å². The molecule has 0 heterocycles. The van der Waals surface area contributed by atoms with Gasteiger partial charge in [-0.25, -0.2) is 0 Å². The SMILES string of the molecule is CC(=O)Nc1cccc(OCCNC(=O)[C@@H](N)Cc2ccccc2)c1. The zero-order chi connectivity index (χ0) is 18.1. The van der Waals surface area contributed by atoms with Crippen LogP contribution in [0.1, 0.15) is 12.5 Å². The number of nitrogens with one attached hydrogen (secondary N) is 2. The van der Waals surface area contributed by atoms with E-state index in [0.29, 0.717) is 31.0 Å². The molecule has 0 saturated carbocycles. The Balaban J connectivity index is 1.71. The predicted molar refractivity (Wildman–Crippen MR) is 97.4 cm³/mol. The van der Waals surface area contributed by atoms with E-state index in [9.17, 15) is 9.59 Å². The van der Waals surface area contributed by atoms with Gasteiger partial charge in [-0.15, -0.1) is 0 Å². The smallest absolute Gasteiger partial charge is 0.237 e. The average molecular weight is 341 g/mol. The van der Waals surface area contributed by atoms with E-state index in [0.717, 1.165) is 5.56 Å². The van der Waals surface area contributed by atoms with Crippen molar-refractivity contribution in [3.05, 3.63) is 60.2 Å². The maximum absolute atomic E-state index is 12.0. The zero-order valence-electron chi connectivity index (χ0n) is 14.2. The van der Waals surface area contributed by atoms with Crippen LogP contribution >= 0.6 is 0 Å². The highest BCUT2D eigenvalue weighted by atomic mass is 16.5. The maximum atomic E-state index is 12.0. The normalized spacial score (nSPS) is 11.4. The third-order valence-electron chi connectivity index (χ3n) is 3.46. The van der Waals surface area contributed by atoms with Crippen LogP contribution in [0.3, 0.4) is 0 Å². The molecule has 0 aromatic heterocycles. The molecule has 0 bridgehead atoms. The number of nitrogens with two attached hydrogens (primary N) is 1. The summed E-state index contributed by atoms with van der Waals surface area (Å²) >= 11 is 0. The van der Waals surface area contributed by atoms with Gasteiger partial charge in [-0.3, -0.25) is 9.59 Å². The Hall–Kier alpha value is -2.86. The molecular weight excluding hydrogens is 318 g/mol. The quantitative estimate of drug-likeness (QED) is 0.637. The summed E-state index contributed by atoms with van der Waals surface area (Å²) in [7, 11) is 0. The van der Waals surface area contributed by atoms with Crippen molar-refractivity contribution in [1.29, 1.82) is 0 Å². The summed E-state index contributed by atoms with van der Waals surface area (Å²) in [6.45, 7) is 2.11. The third-order valence-corrected chi connectivity index (χ3v) is 3.46. The molecule has 0 aliphatic heterocycles. The maximum Gasteiger partial charge on any atom is 0.237 e. The number of ether oxygens (including phenoxy) is 1. The van der Waals surface area contributed by atoms with Gasteiger partial charge in [0.15, 0.2) is 0 Å². The third kappa shape index (κ3) is 6.64. The van der Waals surface area contributed by atoms with Crippen LogP contribution in [0.4, 0.5) is 5.69 Å². The van der Waals surface area contributed by atoms with E-state index in [1.807, 2.05) is 30.3 Å². The lowest BCUT2D eigenvalue weighted by atomic mass is 10.1. The average Bonchev–Trinajstić information content (AvgIpc) is 2.59. The van der Waals surface area contributed by atoms with Crippen LogP contribution in [-0.4, -0.2) is 31.0 Å². The largest absolute Gasteiger partial charge is 0.492 e. The highest BCUT2D eigenvalue weighted by Crippen LogP contribution is 2.17. The monoisotopic (exact) mass is 341 g/mol. The van der Waals surface area contributed by atoms with Crippen molar-refractivity contribution >= 4 is 17.5 Å². The van der Waals surface area contributed by atoms with E-state index < -0.39 is 6.04 Å². The van der Waals surface area contributed by atoms with Crippen LogP contribution in [0, 0.1) is 0 Å². The minimum Gasteiger partial charge on any atom is -0.492 e. The molecule has 1 atom stereocenters. The molecule has 2 aromatic rings. The van der Waals surface area contributed by atoms with E-state index in [2.05, 4.69) is 10.6 Å². The van der Waals surface area contributed by atoms with Gasteiger partial charge < -0.3 is 21.1 Å². The summed E-state index contributed by atoms with van der Waals surface area (Å²) in [5, 5.41) is 5.45. The van der Waals surface area contributed by atoms with Gasteiger partial charge in [0.2, 0.25) is 11.8 Å². The predicted octanol–water partition coefficient (Wildman–Crippen LogP) is 1.71. The van der Waals surface area contributed by atoms with Crippen molar-refractivity contribution < 1.29 is 14.3 Å². The Kier molecular flexibility index (Phi) is 6.98. The number of carbonyl (C=O) groups is 2. The van der Waals surface area contributed by atoms with Crippen LogP contribution in [0.2, 0.25) is 0 Å². The van der Waals surface area contributed by atoms with Crippen LogP contribution in [0.25, 0.3) is 0 Å². The fourth-order valence-corrected chi connectivity index (χ4v) is 2.30. The number of benzene rings is 2. The van der Waals surface area contributed by atoms with Crippen LogP contribution in [0.15, 0.2) is 54.6 Å². The second kappa shape index (κ2) is 9.44. The van der Waals surface area contributed by atoms with Gasteiger partial charge >= 0.3 is 0 Å². The van der Waals surface area contributed by atoms with Crippen LogP contribution < -0.4 is 21.1 Å². The Morgan fingerprint density at radius 1 is 1.12 bits per heavy atom. The Bertz CT molecular complexity index is 704. The Labute approximate surface area is 147 Å². The minimum absolute atomic E-state index is 0.142. The molecule has 0 aliphatic rings. The molecule has 0 aliphatic carbocycles. The minimum atomic E-state index is -0.592. The molecule has 2 aromatic carbocycles. The van der Waals surface area contributed by atoms with Crippen molar-refractivity contribution in [2.45, 2.75) is 19.4 Å². The van der Waals surface area contributed by atoms with Crippen LogP contribution in [-0.2, 0) is 16.0 Å². The Morgan fingerprint density at radius 2 is 1.88 bits per heavy atom. The topological polar surface area (TPSA) is 93.5 Å². The molecule has 6 nitrogen and oxygen atoms in total. The molecule has 0 saturated heterocycles. The van der Waals surface area contributed by atoms with Crippen molar-refractivity contribution in [3.8, 4) is 5.75 Å². The number of rotatable bonds is 8. The van der Waals surface area contributed by atoms with Gasteiger partial charge in [-0.05, 0) is 24.1 Å². The first-order valence-electron chi connectivity index (χ1n) is 8.12. The summed E-state index contributed by atoms with van der Waals surface area (Å²) < 4.78 is 5.57. The fourth-order valence-electron chi connectivity index (χ4n) is 2.30. The van der Waals surface area contributed by atoms with E-state index in [1.54, 1.807) is 24.3 Å². The number of anilines is 1. The highest BCUT2D eigenvalue weighted by Gasteiger charge is 2.13. The summed E-state index contributed by atoms with van der Waals surface area (Å²) in [6.07, 6.45) is 0.492. The lowest BCUT2D eigenvalue weighted by Gasteiger charge is -2.13. The van der Waals surface area contributed by atoms with Gasteiger partial charge in [0.05, 0.1) is 12.6 Å². The lowest BCUT2D eigenvalue weighted by Crippen LogP contribution is -2.43. The molecule has 2 rings (SSSR count). The van der Waals surface area contributed by atoms with Gasteiger partial charge in [-0.1, -0.05) is 36.4 Å².